The van der Waals surface area contributed by atoms with Crippen LogP contribution in [-0.4, -0.2) is 29.4 Å². The maximum absolute atomic E-state index is 12.6. The molecule has 0 N–H and O–H groups in total. The molecule has 1 aromatic rings. The number of nitrogens with zero attached hydrogens (tertiary/aromatic N) is 1. The lowest BCUT2D eigenvalue weighted by Gasteiger charge is -2.13. The van der Waals surface area contributed by atoms with Crippen LogP contribution in [-0.2, 0) is 0 Å². The number of hydrogen-bond acceptors (Lipinski definition) is 2. The van der Waals surface area contributed by atoms with Crippen LogP contribution < -0.4 is 0 Å². The molecule has 1 aromatic carbocycles. The van der Waals surface area contributed by atoms with Crippen LogP contribution in [0.3, 0.4) is 0 Å². The molecular formula is C19H26FNO2. The topological polar surface area (TPSA) is 37.4 Å². The molecule has 1 unspecified atom stereocenters. The van der Waals surface area contributed by atoms with Crippen LogP contribution >= 0.6 is 0 Å². The van der Waals surface area contributed by atoms with Crippen molar-refractivity contribution >= 4 is 11.8 Å². The summed E-state index contributed by atoms with van der Waals surface area (Å²) in [7, 11) is 0. The number of imide groups is 1. The van der Waals surface area contributed by atoms with E-state index < -0.39 is 6.17 Å². The second-order valence-electron chi connectivity index (χ2n) is 6.35. The van der Waals surface area contributed by atoms with Crippen LogP contribution in [0.5, 0.6) is 0 Å². The first-order valence-electron chi connectivity index (χ1n) is 8.70. The first kappa shape index (κ1) is 17.6. The summed E-state index contributed by atoms with van der Waals surface area (Å²) in [5, 5.41) is 0. The van der Waals surface area contributed by atoms with E-state index in [2.05, 4.69) is 0 Å². The van der Waals surface area contributed by atoms with Gasteiger partial charge in [-0.3, -0.25) is 14.5 Å². The number of unbranched alkanes of at least 4 members (excludes halogenated alkanes) is 6. The van der Waals surface area contributed by atoms with Crippen molar-refractivity contribution in [1.29, 1.82) is 0 Å². The van der Waals surface area contributed by atoms with Gasteiger partial charge in [-0.15, -0.1) is 0 Å². The molecule has 0 fully saturated rings. The second kappa shape index (κ2) is 8.80. The summed E-state index contributed by atoms with van der Waals surface area (Å²) in [5.74, 6) is -0.322. The number of amides is 2. The standard InChI is InChI=1S/C19H26FNO2/c1-15(20)11-7-5-3-2-4-6-10-14-21-18(22)16-12-8-9-13-17(16)19(21)23/h8-9,12-13,15H,2-7,10-11,14H2,1H3. The largest absolute Gasteiger partial charge is 0.274 e. The van der Waals surface area contributed by atoms with Crippen molar-refractivity contribution < 1.29 is 14.0 Å². The number of fused-ring (bicyclic) bond motifs is 1. The Bertz CT molecular complexity index is 507. The minimum absolute atomic E-state index is 0.161. The molecule has 3 nitrogen and oxygen atoms in total. The monoisotopic (exact) mass is 319 g/mol. The molecule has 0 spiro atoms. The van der Waals surface area contributed by atoms with Gasteiger partial charge in [0.05, 0.1) is 17.3 Å². The highest BCUT2D eigenvalue weighted by atomic mass is 19.1. The molecular weight excluding hydrogens is 293 g/mol. The predicted octanol–water partition coefficient (Wildman–Crippen LogP) is 4.76. The van der Waals surface area contributed by atoms with Gasteiger partial charge < -0.3 is 0 Å². The van der Waals surface area contributed by atoms with Crippen molar-refractivity contribution in [3.05, 3.63) is 35.4 Å². The molecule has 0 saturated carbocycles. The van der Waals surface area contributed by atoms with E-state index in [1.807, 2.05) is 0 Å². The summed E-state index contributed by atoms with van der Waals surface area (Å²) in [6.07, 6.45) is 7.30. The van der Waals surface area contributed by atoms with Crippen LogP contribution in [0.1, 0.15) is 79.0 Å². The Kier molecular flexibility index (Phi) is 6.75. The Hall–Kier alpha value is -1.71. The molecule has 0 saturated heterocycles. The molecule has 1 aliphatic rings. The highest BCUT2D eigenvalue weighted by Gasteiger charge is 2.34. The molecule has 1 atom stereocenters. The van der Waals surface area contributed by atoms with Gasteiger partial charge in [-0.1, -0.05) is 50.7 Å². The van der Waals surface area contributed by atoms with Crippen molar-refractivity contribution in [2.45, 2.75) is 64.5 Å². The maximum atomic E-state index is 12.6. The van der Waals surface area contributed by atoms with Gasteiger partial charge in [0.15, 0.2) is 0 Å². The van der Waals surface area contributed by atoms with Crippen LogP contribution in [0.15, 0.2) is 24.3 Å². The quantitative estimate of drug-likeness (QED) is 0.460. The van der Waals surface area contributed by atoms with E-state index in [1.165, 1.54) is 4.90 Å². The van der Waals surface area contributed by atoms with Gasteiger partial charge in [0.25, 0.3) is 11.8 Å². The highest BCUT2D eigenvalue weighted by molar-refractivity contribution is 6.21. The summed E-state index contributed by atoms with van der Waals surface area (Å²) >= 11 is 0. The Morgan fingerprint density at radius 1 is 0.870 bits per heavy atom. The van der Waals surface area contributed by atoms with Gasteiger partial charge in [-0.25, -0.2) is 4.39 Å². The highest BCUT2D eigenvalue weighted by Crippen LogP contribution is 2.23. The van der Waals surface area contributed by atoms with E-state index in [0.29, 0.717) is 24.1 Å². The zero-order valence-electron chi connectivity index (χ0n) is 13.9. The van der Waals surface area contributed by atoms with E-state index in [4.69, 9.17) is 0 Å². The lowest BCUT2D eigenvalue weighted by atomic mass is 10.1. The molecule has 0 aliphatic carbocycles. The van der Waals surface area contributed by atoms with E-state index in [1.54, 1.807) is 31.2 Å². The summed E-state index contributed by atoms with van der Waals surface area (Å²) < 4.78 is 12.6. The molecule has 0 radical (unpaired) electrons. The van der Waals surface area contributed by atoms with Crippen LogP contribution in [0.2, 0.25) is 0 Å². The van der Waals surface area contributed by atoms with Crippen molar-refractivity contribution in [3.8, 4) is 0 Å². The molecule has 4 heteroatoms. The molecule has 1 heterocycles. The maximum Gasteiger partial charge on any atom is 0.261 e. The fraction of sp³-hybridized carbons (Fsp3) is 0.579. The number of carbonyl (C=O) groups is 2. The summed E-state index contributed by atoms with van der Waals surface area (Å²) in [4.78, 5) is 25.7. The summed E-state index contributed by atoms with van der Waals surface area (Å²) in [6.45, 7) is 2.12. The van der Waals surface area contributed by atoms with Crippen molar-refractivity contribution in [2.75, 3.05) is 6.54 Å². The van der Waals surface area contributed by atoms with E-state index >= 15 is 0 Å². The average molecular weight is 319 g/mol. The smallest absolute Gasteiger partial charge is 0.261 e. The van der Waals surface area contributed by atoms with Crippen molar-refractivity contribution in [3.63, 3.8) is 0 Å². The number of benzene rings is 1. The Morgan fingerprint density at radius 3 is 1.87 bits per heavy atom. The summed E-state index contributed by atoms with van der Waals surface area (Å²) in [6, 6.07) is 7.01. The molecule has 0 aromatic heterocycles. The molecule has 2 rings (SSSR count). The van der Waals surface area contributed by atoms with E-state index in [0.717, 1.165) is 44.9 Å². The first-order valence-corrected chi connectivity index (χ1v) is 8.70. The zero-order chi connectivity index (χ0) is 16.7. The van der Waals surface area contributed by atoms with Gasteiger partial charge in [0, 0.05) is 6.54 Å². The Balaban J connectivity index is 1.59. The van der Waals surface area contributed by atoms with Gasteiger partial charge >= 0.3 is 0 Å². The van der Waals surface area contributed by atoms with Gasteiger partial charge in [0.2, 0.25) is 0 Å². The SMILES string of the molecule is CC(F)CCCCCCCCCN1C(=O)c2ccccc2C1=O. The van der Waals surface area contributed by atoms with Gasteiger partial charge in [-0.05, 0) is 31.9 Å². The zero-order valence-corrected chi connectivity index (χ0v) is 13.9. The normalized spacial score (nSPS) is 15.1. The van der Waals surface area contributed by atoms with Gasteiger partial charge in [0.1, 0.15) is 0 Å². The molecule has 2 amide bonds. The van der Waals surface area contributed by atoms with Gasteiger partial charge in [-0.2, -0.15) is 0 Å². The second-order valence-corrected chi connectivity index (χ2v) is 6.35. The van der Waals surface area contributed by atoms with Crippen LogP contribution in [0.25, 0.3) is 0 Å². The van der Waals surface area contributed by atoms with Crippen molar-refractivity contribution in [2.24, 2.45) is 0 Å². The van der Waals surface area contributed by atoms with E-state index in [9.17, 15) is 14.0 Å². The van der Waals surface area contributed by atoms with Crippen molar-refractivity contribution in [1.82, 2.24) is 4.90 Å². The number of halogens is 1. The fourth-order valence-corrected chi connectivity index (χ4v) is 3.02. The number of carbonyl (C=O) groups excluding carboxylic acids is 2. The lowest BCUT2D eigenvalue weighted by molar-refractivity contribution is 0.0651. The molecule has 1 aliphatic heterocycles. The molecule has 126 valence electrons. The summed E-state index contributed by atoms with van der Waals surface area (Å²) in [5.41, 5.74) is 1.05. The van der Waals surface area contributed by atoms with Crippen LogP contribution in [0, 0.1) is 0 Å². The van der Waals surface area contributed by atoms with E-state index in [-0.39, 0.29) is 11.8 Å². The minimum Gasteiger partial charge on any atom is -0.274 e. The fourth-order valence-electron chi connectivity index (χ4n) is 3.02. The Labute approximate surface area is 137 Å². The average Bonchev–Trinajstić information content (AvgIpc) is 2.78. The number of hydrogen-bond donors (Lipinski definition) is 0. The molecule has 0 bridgehead atoms. The third kappa shape index (κ3) is 4.88. The number of rotatable bonds is 10. The van der Waals surface area contributed by atoms with Crippen LogP contribution in [0.4, 0.5) is 4.39 Å². The lowest BCUT2D eigenvalue weighted by Crippen LogP contribution is -2.30. The Morgan fingerprint density at radius 2 is 1.35 bits per heavy atom. The predicted molar refractivity (Wildman–Crippen MR) is 89.3 cm³/mol. The number of alkyl halides is 1. The third-order valence-corrected chi connectivity index (χ3v) is 4.36. The molecule has 23 heavy (non-hydrogen) atoms. The third-order valence-electron chi connectivity index (χ3n) is 4.36. The minimum atomic E-state index is -0.686. The first-order chi connectivity index (χ1) is 11.1.